The van der Waals surface area contributed by atoms with E-state index in [4.69, 9.17) is 14.7 Å². The largest absolute Gasteiger partial charge is 0.393 e. The minimum absolute atomic E-state index is 0.0803. The van der Waals surface area contributed by atoms with Crippen LogP contribution in [0.2, 0.25) is 0 Å². The van der Waals surface area contributed by atoms with Crippen LogP contribution in [0.4, 0.5) is 20.4 Å². The summed E-state index contributed by atoms with van der Waals surface area (Å²) in [5.74, 6) is 2.07. The van der Waals surface area contributed by atoms with Crippen molar-refractivity contribution in [3.05, 3.63) is 61.2 Å². The number of fused-ring (bicyclic) bond motifs is 6. The average molecular weight is 762 g/mol. The first-order chi connectivity index (χ1) is 24.8. The Morgan fingerprint density at radius 2 is 1.20 bits per heavy atom. The lowest BCUT2D eigenvalue weighted by atomic mass is 9.62. The van der Waals surface area contributed by atoms with Gasteiger partial charge in [-0.2, -0.15) is 0 Å². The Labute approximate surface area is 303 Å². The van der Waals surface area contributed by atoms with Gasteiger partial charge in [-0.3, -0.25) is 14.4 Å². The van der Waals surface area contributed by atoms with E-state index in [-0.39, 0.29) is 32.2 Å². The zero-order valence-corrected chi connectivity index (χ0v) is 30.6. The van der Waals surface area contributed by atoms with Crippen molar-refractivity contribution < 1.29 is 18.6 Å². The Bertz CT molecular complexity index is 2180. The molecule has 0 amide bonds. The molecular weight excluding hydrogens is 718 g/mol. The molecule has 2 aliphatic carbocycles. The maximum Gasteiger partial charge on any atom is 0.143 e. The fourth-order valence-electron chi connectivity index (χ4n) is 8.71. The van der Waals surface area contributed by atoms with Gasteiger partial charge in [-0.25, -0.2) is 14.4 Å². The normalized spacial score (nSPS) is 19.0. The quantitative estimate of drug-likeness (QED) is 0.192. The SMILES string of the molecule is Cn1c2ccncc2c2ccc(N3CC4(CC(O)C4)C3)nc21.Cn1c2ccncc2c2ccc(N3CC4(CC(OCCF)C4)C3)nc21.FCCBr. The van der Waals surface area contributed by atoms with Gasteiger partial charge in [-0.15, -0.1) is 0 Å². The number of pyridine rings is 4. The van der Waals surface area contributed by atoms with E-state index in [0.717, 1.165) is 107 Å². The second kappa shape index (κ2) is 13.6. The first-order valence-corrected chi connectivity index (χ1v) is 18.7. The Kier molecular flexibility index (Phi) is 9.08. The van der Waals surface area contributed by atoms with E-state index in [0.29, 0.717) is 16.2 Å². The lowest BCUT2D eigenvalue weighted by Gasteiger charge is -2.59. The molecule has 0 unspecified atom stereocenters. The van der Waals surface area contributed by atoms with Gasteiger partial charge in [0.05, 0.1) is 36.5 Å². The number of hydrogen-bond donors (Lipinski definition) is 1. The first-order valence-electron chi connectivity index (χ1n) is 17.6. The molecule has 4 fully saturated rings. The van der Waals surface area contributed by atoms with E-state index >= 15 is 0 Å². The molecule has 0 radical (unpaired) electrons. The molecule has 0 atom stereocenters. The van der Waals surface area contributed by atoms with Gasteiger partial charge in [0, 0.05) is 103 Å². The Hall–Kier alpha value is -3.94. The summed E-state index contributed by atoms with van der Waals surface area (Å²) < 4.78 is 32.6. The summed E-state index contributed by atoms with van der Waals surface area (Å²) in [7, 11) is 4.11. The third kappa shape index (κ3) is 6.10. The highest BCUT2D eigenvalue weighted by atomic mass is 79.9. The number of aromatic nitrogens is 6. The number of alkyl halides is 3. The predicted octanol–water partition coefficient (Wildman–Crippen LogP) is 6.51. The molecule has 4 aliphatic rings. The van der Waals surface area contributed by atoms with Crippen molar-refractivity contribution in [2.45, 2.75) is 37.9 Å². The van der Waals surface area contributed by atoms with Crippen molar-refractivity contribution in [2.75, 3.05) is 61.3 Å². The molecule has 2 spiro atoms. The highest BCUT2D eigenvalue weighted by molar-refractivity contribution is 9.09. The molecule has 0 bridgehead atoms. The van der Waals surface area contributed by atoms with Crippen LogP contribution in [0.5, 0.6) is 0 Å². The van der Waals surface area contributed by atoms with Gasteiger partial charge in [0.15, 0.2) is 0 Å². The molecule has 8 heterocycles. The highest BCUT2D eigenvalue weighted by Crippen LogP contribution is 2.51. The van der Waals surface area contributed by atoms with Crippen molar-refractivity contribution >= 4 is 71.4 Å². The van der Waals surface area contributed by atoms with Crippen molar-refractivity contribution in [3.63, 3.8) is 0 Å². The molecule has 2 aliphatic heterocycles. The number of aliphatic hydroxyl groups excluding tert-OH is 1. The van der Waals surface area contributed by atoms with Crippen molar-refractivity contribution in [1.29, 1.82) is 0 Å². The molecule has 268 valence electrons. The van der Waals surface area contributed by atoms with Gasteiger partial charge in [0.2, 0.25) is 0 Å². The van der Waals surface area contributed by atoms with Crippen LogP contribution in [0.15, 0.2) is 61.2 Å². The lowest BCUT2D eigenvalue weighted by Crippen LogP contribution is -2.64. The number of rotatable bonds is 6. The van der Waals surface area contributed by atoms with Crippen LogP contribution in [0.25, 0.3) is 43.9 Å². The Morgan fingerprint density at radius 1 is 0.725 bits per heavy atom. The van der Waals surface area contributed by atoms with E-state index in [9.17, 15) is 13.9 Å². The highest BCUT2D eigenvalue weighted by Gasteiger charge is 2.53. The standard InChI is InChI=1S/C19H21FN4O.C17H18N4O.C2H4BrF/c1-23-16-4-6-21-10-15(16)14-2-3-17(22-18(14)23)24-11-19(12-24)8-13(9-19)25-7-5-20;1-20-14-4-5-18-8-13(14)12-2-3-15(19-16(12)20)21-9-17(10-21)6-11(22)7-17;3-1-2-4/h2-4,6,10,13H,5,7-9,11-12H2,1H3;2-5,8,11,22H,6-7,9-10H2,1H3;1-2H2. The molecule has 2 saturated heterocycles. The van der Waals surface area contributed by atoms with Crippen molar-refractivity contribution in [3.8, 4) is 0 Å². The summed E-state index contributed by atoms with van der Waals surface area (Å²) in [6, 6.07) is 12.6. The zero-order valence-electron chi connectivity index (χ0n) is 29.0. The third-order valence-electron chi connectivity index (χ3n) is 11.2. The van der Waals surface area contributed by atoms with E-state index < -0.39 is 0 Å². The van der Waals surface area contributed by atoms with E-state index in [1.165, 1.54) is 0 Å². The fraction of sp³-hybridized carbons (Fsp3) is 0.474. The molecule has 6 aromatic heterocycles. The number of aryl methyl sites for hydroxylation is 2. The second-order valence-corrected chi connectivity index (χ2v) is 15.5. The summed E-state index contributed by atoms with van der Waals surface area (Å²) in [5, 5.41) is 14.6. The Balaban J connectivity index is 0.000000134. The van der Waals surface area contributed by atoms with Crippen LogP contribution in [-0.4, -0.2) is 97.8 Å². The second-order valence-electron chi connectivity index (χ2n) is 14.7. The maximum absolute atomic E-state index is 12.2. The summed E-state index contributed by atoms with van der Waals surface area (Å²) in [6.45, 7) is 3.67. The number of ether oxygens (including phenoxy) is 1. The smallest absolute Gasteiger partial charge is 0.143 e. The number of nitrogens with zero attached hydrogens (tertiary/aromatic N) is 8. The molecular formula is C38H43BrF2N8O2. The fourth-order valence-corrected chi connectivity index (χ4v) is 8.71. The summed E-state index contributed by atoms with van der Waals surface area (Å²) in [6.07, 6.45) is 11.6. The molecule has 13 heteroatoms. The van der Waals surface area contributed by atoms with Gasteiger partial charge in [-0.05, 0) is 62.1 Å². The van der Waals surface area contributed by atoms with Gasteiger partial charge >= 0.3 is 0 Å². The first kappa shape index (κ1) is 34.2. The van der Waals surface area contributed by atoms with Gasteiger partial charge in [-0.1, -0.05) is 15.9 Å². The van der Waals surface area contributed by atoms with Gasteiger partial charge < -0.3 is 28.8 Å². The minimum atomic E-state index is -0.389. The third-order valence-corrected chi connectivity index (χ3v) is 11.5. The van der Waals surface area contributed by atoms with Crippen molar-refractivity contribution in [1.82, 2.24) is 29.1 Å². The van der Waals surface area contributed by atoms with Crippen LogP contribution < -0.4 is 9.80 Å². The molecule has 2 saturated carbocycles. The maximum atomic E-state index is 12.2. The number of aliphatic hydroxyl groups is 1. The molecule has 10 rings (SSSR count). The summed E-state index contributed by atoms with van der Waals surface area (Å²) in [5.41, 5.74) is 5.05. The molecule has 0 aromatic carbocycles. The van der Waals surface area contributed by atoms with Crippen LogP contribution in [0, 0.1) is 10.8 Å². The molecule has 6 aromatic rings. The van der Waals surface area contributed by atoms with Crippen LogP contribution in [0.1, 0.15) is 25.7 Å². The number of hydrogen-bond acceptors (Lipinski definition) is 8. The average Bonchev–Trinajstić information content (AvgIpc) is 3.54. The summed E-state index contributed by atoms with van der Waals surface area (Å²) in [4.78, 5) is 22.9. The number of halogens is 3. The summed E-state index contributed by atoms with van der Waals surface area (Å²) >= 11 is 2.87. The molecule has 10 nitrogen and oxygen atoms in total. The van der Waals surface area contributed by atoms with E-state index in [2.05, 4.69) is 83.2 Å². The number of anilines is 2. The van der Waals surface area contributed by atoms with E-state index in [1.54, 1.807) is 0 Å². The minimum Gasteiger partial charge on any atom is -0.393 e. The molecule has 51 heavy (non-hydrogen) atoms. The van der Waals surface area contributed by atoms with Gasteiger partial charge in [0.25, 0.3) is 0 Å². The van der Waals surface area contributed by atoms with E-state index in [1.807, 2.05) is 36.9 Å². The predicted molar refractivity (Wildman–Crippen MR) is 201 cm³/mol. The van der Waals surface area contributed by atoms with Crippen molar-refractivity contribution in [2.24, 2.45) is 24.9 Å². The monoisotopic (exact) mass is 760 g/mol. The Morgan fingerprint density at radius 3 is 1.63 bits per heavy atom. The topological polar surface area (TPSA) is 97.4 Å². The van der Waals surface area contributed by atoms with Crippen LogP contribution >= 0.6 is 15.9 Å². The molecule has 1 N–H and O–H groups in total. The zero-order chi connectivity index (χ0) is 35.3. The van der Waals surface area contributed by atoms with Crippen LogP contribution in [0.3, 0.4) is 0 Å². The lowest BCUT2D eigenvalue weighted by molar-refractivity contribution is -0.0950. The van der Waals surface area contributed by atoms with Crippen LogP contribution in [-0.2, 0) is 18.8 Å². The van der Waals surface area contributed by atoms with Gasteiger partial charge in [0.1, 0.15) is 29.6 Å².